The first kappa shape index (κ1) is 10.1. The SMILES string of the molecule is O=c1[nH]c(=O)n([C@@H]2C[C@H](O)[C@H](O)CO2)[nH]1. The van der Waals surface area contributed by atoms with E-state index in [0.717, 1.165) is 4.68 Å². The van der Waals surface area contributed by atoms with Crippen LogP contribution in [0.25, 0.3) is 0 Å². The maximum Gasteiger partial charge on any atom is 0.346 e. The number of aromatic nitrogens is 3. The lowest BCUT2D eigenvalue weighted by molar-refractivity contribution is -0.149. The molecule has 2 rings (SSSR count). The van der Waals surface area contributed by atoms with Gasteiger partial charge in [0.15, 0.2) is 6.23 Å². The van der Waals surface area contributed by atoms with Gasteiger partial charge in [-0.15, -0.1) is 0 Å². The van der Waals surface area contributed by atoms with Gasteiger partial charge in [-0.05, 0) is 0 Å². The highest BCUT2D eigenvalue weighted by molar-refractivity contribution is 4.77. The minimum atomic E-state index is -0.964. The number of nitrogens with one attached hydrogen (secondary N) is 2. The average Bonchev–Trinajstić information content (AvgIpc) is 2.50. The van der Waals surface area contributed by atoms with Crippen molar-refractivity contribution in [2.24, 2.45) is 0 Å². The average molecular weight is 217 g/mol. The summed E-state index contributed by atoms with van der Waals surface area (Å²) in [5.74, 6) is 0. The summed E-state index contributed by atoms with van der Waals surface area (Å²) in [6, 6.07) is 0. The van der Waals surface area contributed by atoms with Gasteiger partial charge in [0.2, 0.25) is 0 Å². The third kappa shape index (κ3) is 1.87. The topological polar surface area (TPSA) is 120 Å². The molecule has 0 amide bonds. The number of aromatic amines is 2. The molecule has 1 fully saturated rings. The van der Waals surface area contributed by atoms with Crippen LogP contribution in [0.3, 0.4) is 0 Å². The number of ether oxygens (including phenoxy) is 1. The lowest BCUT2D eigenvalue weighted by atomic mass is 10.1. The summed E-state index contributed by atoms with van der Waals surface area (Å²) < 4.78 is 6.06. The fourth-order valence-corrected chi connectivity index (χ4v) is 1.48. The van der Waals surface area contributed by atoms with Crippen molar-refractivity contribution in [3.05, 3.63) is 21.0 Å². The van der Waals surface area contributed by atoms with Crippen LogP contribution < -0.4 is 11.4 Å². The Balaban J connectivity index is 2.22. The van der Waals surface area contributed by atoms with E-state index in [0.29, 0.717) is 0 Å². The first-order valence-electron chi connectivity index (χ1n) is 4.46. The van der Waals surface area contributed by atoms with Crippen LogP contribution in [0.15, 0.2) is 9.59 Å². The van der Waals surface area contributed by atoms with Crippen LogP contribution >= 0.6 is 0 Å². The zero-order valence-electron chi connectivity index (χ0n) is 7.71. The summed E-state index contributed by atoms with van der Waals surface area (Å²) in [7, 11) is 0. The van der Waals surface area contributed by atoms with E-state index in [1.54, 1.807) is 0 Å². The number of hydrogen-bond acceptors (Lipinski definition) is 5. The fraction of sp³-hybridized carbons (Fsp3) is 0.714. The number of H-pyrrole nitrogens is 2. The molecule has 4 N–H and O–H groups in total. The minimum absolute atomic E-state index is 0.0505. The van der Waals surface area contributed by atoms with Crippen LogP contribution in [0.5, 0.6) is 0 Å². The third-order valence-corrected chi connectivity index (χ3v) is 2.30. The molecule has 3 atom stereocenters. The molecular formula is C7H11N3O5. The lowest BCUT2D eigenvalue weighted by Gasteiger charge is -2.29. The van der Waals surface area contributed by atoms with Gasteiger partial charge in [0.05, 0.1) is 12.7 Å². The zero-order chi connectivity index (χ0) is 11.0. The van der Waals surface area contributed by atoms with E-state index in [1.165, 1.54) is 0 Å². The molecule has 1 aromatic heterocycles. The van der Waals surface area contributed by atoms with E-state index in [2.05, 4.69) is 5.10 Å². The van der Waals surface area contributed by atoms with Gasteiger partial charge in [-0.2, -0.15) is 0 Å². The van der Waals surface area contributed by atoms with Crippen molar-refractivity contribution >= 4 is 0 Å². The van der Waals surface area contributed by atoms with Gasteiger partial charge in [-0.25, -0.2) is 19.4 Å². The predicted molar refractivity (Wildman–Crippen MR) is 47.3 cm³/mol. The van der Waals surface area contributed by atoms with Crippen LogP contribution in [0.2, 0.25) is 0 Å². The van der Waals surface area contributed by atoms with Crippen LogP contribution in [0.4, 0.5) is 0 Å². The maximum atomic E-state index is 11.2. The second-order valence-electron chi connectivity index (χ2n) is 3.40. The third-order valence-electron chi connectivity index (χ3n) is 2.30. The monoisotopic (exact) mass is 217 g/mol. The molecule has 0 spiro atoms. The molecule has 1 saturated heterocycles. The number of nitrogens with zero attached hydrogens (tertiary/aromatic N) is 1. The predicted octanol–water partition coefficient (Wildman–Crippen LogP) is -2.49. The summed E-state index contributed by atoms with van der Waals surface area (Å²) in [6.45, 7) is -0.0779. The van der Waals surface area contributed by atoms with Gasteiger partial charge >= 0.3 is 11.4 Å². The number of aliphatic hydroxyl groups is 2. The second-order valence-corrected chi connectivity index (χ2v) is 3.40. The summed E-state index contributed by atoms with van der Waals surface area (Å²) in [4.78, 5) is 24.0. The molecule has 0 unspecified atom stereocenters. The molecule has 0 saturated carbocycles. The van der Waals surface area contributed by atoms with Gasteiger partial charge < -0.3 is 14.9 Å². The molecular weight excluding hydrogens is 206 g/mol. The molecule has 15 heavy (non-hydrogen) atoms. The van der Waals surface area contributed by atoms with E-state index < -0.39 is 29.8 Å². The van der Waals surface area contributed by atoms with Gasteiger partial charge in [0, 0.05) is 6.42 Å². The Labute approximate surface area is 83.1 Å². The van der Waals surface area contributed by atoms with E-state index in [9.17, 15) is 19.8 Å². The Morgan fingerprint density at radius 1 is 1.33 bits per heavy atom. The second kappa shape index (κ2) is 3.65. The number of hydrogen-bond donors (Lipinski definition) is 4. The standard InChI is InChI=1S/C7H11N3O5/c11-3-1-5(15-2-4(3)12)10-7(14)8-6(13)9-10/h3-5,11-12H,1-2H2,(H2,8,9,13,14)/t3-,4+,5-/m0/s1. The molecule has 1 aromatic rings. The lowest BCUT2D eigenvalue weighted by Crippen LogP contribution is -2.41. The summed E-state index contributed by atoms with van der Waals surface area (Å²) >= 11 is 0. The minimum Gasteiger partial charge on any atom is -0.390 e. The highest BCUT2D eigenvalue weighted by Gasteiger charge is 2.30. The Morgan fingerprint density at radius 3 is 2.60 bits per heavy atom. The van der Waals surface area contributed by atoms with Crippen LogP contribution in [-0.4, -0.2) is 43.8 Å². The fourth-order valence-electron chi connectivity index (χ4n) is 1.48. The van der Waals surface area contributed by atoms with Crippen molar-refractivity contribution in [2.45, 2.75) is 24.9 Å². The van der Waals surface area contributed by atoms with E-state index >= 15 is 0 Å². The number of aliphatic hydroxyl groups excluding tert-OH is 2. The Kier molecular flexibility index (Phi) is 2.47. The van der Waals surface area contributed by atoms with Crippen LogP contribution in [0, 0.1) is 0 Å². The smallest absolute Gasteiger partial charge is 0.346 e. The van der Waals surface area contributed by atoms with Crippen molar-refractivity contribution < 1.29 is 14.9 Å². The van der Waals surface area contributed by atoms with Gasteiger partial charge in [0.1, 0.15) is 6.10 Å². The van der Waals surface area contributed by atoms with Gasteiger partial charge in [-0.3, -0.25) is 4.98 Å². The van der Waals surface area contributed by atoms with E-state index in [-0.39, 0.29) is 13.0 Å². The largest absolute Gasteiger partial charge is 0.390 e. The molecule has 84 valence electrons. The quantitative estimate of drug-likeness (QED) is 0.414. The molecule has 2 heterocycles. The van der Waals surface area contributed by atoms with Gasteiger partial charge in [0.25, 0.3) is 0 Å². The molecule has 1 aliphatic rings. The molecule has 1 aliphatic heterocycles. The van der Waals surface area contributed by atoms with Crippen molar-refractivity contribution in [2.75, 3.05) is 6.61 Å². The van der Waals surface area contributed by atoms with E-state index in [1.807, 2.05) is 4.98 Å². The summed E-state index contributed by atoms with van der Waals surface area (Å²) in [5, 5.41) is 20.8. The Morgan fingerprint density at radius 2 is 2.07 bits per heavy atom. The maximum absolute atomic E-state index is 11.2. The molecule has 8 nitrogen and oxygen atoms in total. The van der Waals surface area contributed by atoms with Crippen molar-refractivity contribution in [1.29, 1.82) is 0 Å². The first-order chi connectivity index (χ1) is 7.08. The van der Waals surface area contributed by atoms with Crippen LogP contribution in [-0.2, 0) is 4.74 Å². The Bertz CT molecular complexity index is 446. The normalized spacial score (nSPS) is 31.7. The highest BCUT2D eigenvalue weighted by Crippen LogP contribution is 2.20. The first-order valence-corrected chi connectivity index (χ1v) is 4.46. The summed E-state index contributed by atoms with van der Waals surface area (Å²) in [6.07, 6.45) is -2.62. The molecule has 0 aromatic carbocycles. The Hall–Kier alpha value is -1.38. The van der Waals surface area contributed by atoms with Gasteiger partial charge in [-0.1, -0.05) is 0 Å². The van der Waals surface area contributed by atoms with Crippen molar-refractivity contribution in [3.8, 4) is 0 Å². The molecule has 0 radical (unpaired) electrons. The van der Waals surface area contributed by atoms with Crippen molar-refractivity contribution in [3.63, 3.8) is 0 Å². The molecule has 0 aliphatic carbocycles. The van der Waals surface area contributed by atoms with E-state index in [4.69, 9.17) is 4.74 Å². The zero-order valence-corrected chi connectivity index (χ0v) is 7.71. The molecule has 8 heteroatoms. The molecule has 0 bridgehead atoms. The summed E-state index contributed by atoms with van der Waals surface area (Å²) in [5.41, 5.74) is -1.27. The number of rotatable bonds is 1. The van der Waals surface area contributed by atoms with Crippen molar-refractivity contribution in [1.82, 2.24) is 14.8 Å². The highest BCUT2D eigenvalue weighted by atomic mass is 16.5. The van der Waals surface area contributed by atoms with Crippen LogP contribution in [0.1, 0.15) is 12.6 Å².